The normalized spacial score (nSPS) is 13.3. The van der Waals surface area contributed by atoms with E-state index in [1.165, 1.54) is 14.1 Å². The molecule has 0 rings (SSSR count). The molecule has 7 heteroatoms. The molecule has 0 aliphatic heterocycles. The van der Waals surface area contributed by atoms with E-state index in [2.05, 4.69) is 16.0 Å². The van der Waals surface area contributed by atoms with Gasteiger partial charge in [0.05, 0.1) is 0 Å². The van der Waals surface area contributed by atoms with Gasteiger partial charge in [0.2, 0.25) is 4.99 Å². The van der Waals surface area contributed by atoms with Crippen LogP contribution in [0.15, 0.2) is 0 Å². The van der Waals surface area contributed by atoms with Crippen molar-refractivity contribution in [3.05, 3.63) is 0 Å². The predicted molar refractivity (Wildman–Crippen MR) is 46.3 cm³/mol. The Balaban J connectivity index is 4.83. The van der Waals surface area contributed by atoms with E-state index in [-0.39, 0.29) is 6.54 Å². The summed E-state index contributed by atoms with van der Waals surface area (Å²) < 4.78 is 30.7. The van der Waals surface area contributed by atoms with Crippen LogP contribution in [0.2, 0.25) is 0 Å². The lowest BCUT2D eigenvalue weighted by Gasteiger charge is -2.29. The van der Waals surface area contributed by atoms with Crippen molar-refractivity contribution in [3.8, 4) is 0 Å². The van der Waals surface area contributed by atoms with E-state index < -0.39 is 15.1 Å². The van der Waals surface area contributed by atoms with Gasteiger partial charge in [0.1, 0.15) is 0 Å². The Bertz CT molecular complexity index is 222. The summed E-state index contributed by atoms with van der Waals surface area (Å²) in [4.78, 5) is -1.51. The maximum atomic E-state index is 10.9. The molecule has 74 valence electrons. The second kappa shape index (κ2) is 4.15. The van der Waals surface area contributed by atoms with Crippen LogP contribution in [-0.2, 0) is 10.1 Å². The van der Waals surface area contributed by atoms with E-state index in [0.29, 0.717) is 0 Å². The van der Waals surface area contributed by atoms with E-state index in [1.54, 1.807) is 7.05 Å². The highest BCUT2D eigenvalue weighted by molar-refractivity contribution is 7.87. The van der Waals surface area contributed by atoms with Gasteiger partial charge in [0, 0.05) is 6.54 Å². The van der Waals surface area contributed by atoms with Crippen LogP contribution in [0.3, 0.4) is 0 Å². The SMILES string of the molecule is CNCC(NC)(NC)S(=O)(=O)O. The van der Waals surface area contributed by atoms with E-state index in [0.717, 1.165) is 0 Å². The fourth-order valence-corrected chi connectivity index (χ4v) is 1.74. The van der Waals surface area contributed by atoms with Crippen LogP contribution in [0.4, 0.5) is 0 Å². The summed E-state index contributed by atoms with van der Waals surface area (Å²) in [6, 6.07) is 0. The molecule has 6 nitrogen and oxygen atoms in total. The van der Waals surface area contributed by atoms with Crippen molar-refractivity contribution in [2.45, 2.75) is 4.99 Å². The molecule has 0 atom stereocenters. The van der Waals surface area contributed by atoms with E-state index >= 15 is 0 Å². The van der Waals surface area contributed by atoms with Gasteiger partial charge in [0.25, 0.3) is 10.1 Å². The van der Waals surface area contributed by atoms with Crippen LogP contribution in [0.25, 0.3) is 0 Å². The summed E-state index contributed by atoms with van der Waals surface area (Å²) in [6.07, 6.45) is 0. The molecule has 0 bridgehead atoms. The van der Waals surface area contributed by atoms with Gasteiger partial charge in [0.15, 0.2) is 0 Å². The summed E-state index contributed by atoms with van der Waals surface area (Å²) in [5.74, 6) is 0. The molecule has 0 spiro atoms. The van der Waals surface area contributed by atoms with Crippen LogP contribution < -0.4 is 16.0 Å². The van der Waals surface area contributed by atoms with Crippen LogP contribution in [0, 0.1) is 0 Å². The largest absolute Gasteiger partial charge is 0.316 e. The third-order valence-electron chi connectivity index (χ3n) is 1.67. The third kappa shape index (κ3) is 2.14. The predicted octanol–water partition coefficient (Wildman–Crippen LogP) is -1.81. The van der Waals surface area contributed by atoms with E-state index in [9.17, 15) is 8.42 Å². The lowest BCUT2D eigenvalue weighted by molar-refractivity contribution is 0.346. The van der Waals surface area contributed by atoms with Crippen molar-refractivity contribution in [2.24, 2.45) is 0 Å². The minimum atomic E-state index is -4.17. The van der Waals surface area contributed by atoms with Crippen molar-refractivity contribution >= 4 is 10.1 Å². The number of hydrogen-bond donors (Lipinski definition) is 4. The number of nitrogens with one attached hydrogen (secondary N) is 3. The summed E-state index contributed by atoms with van der Waals surface area (Å²) in [5, 5.41) is 7.64. The van der Waals surface area contributed by atoms with Gasteiger partial charge in [-0.05, 0) is 21.1 Å². The van der Waals surface area contributed by atoms with Crippen molar-refractivity contribution in [2.75, 3.05) is 27.7 Å². The molecule has 0 saturated carbocycles. The maximum absolute atomic E-state index is 10.9. The molecule has 0 aromatic carbocycles. The molecule has 4 N–H and O–H groups in total. The average molecular weight is 197 g/mol. The molecule has 0 heterocycles. The second-order valence-electron chi connectivity index (χ2n) is 2.33. The highest BCUT2D eigenvalue weighted by Crippen LogP contribution is 2.05. The zero-order valence-corrected chi connectivity index (χ0v) is 8.20. The fraction of sp³-hybridized carbons (Fsp3) is 1.00. The zero-order valence-electron chi connectivity index (χ0n) is 7.38. The van der Waals surface area contributed by atoms with Crippen LogP contribution in [0.1, 0.15) is 0 Å². The van der Waals surface area contributed by atoms with Gasteiger partial charge >= 0.3 is 0 Å². The highest BCUT2D eigenvalue weighted by atomic mass is 32.2. The Morgan fingerprint density at radius 1 is 1.25 bits per heavy atom. The van der Waals surface area contributed by atoms with Crippen molar-refractivity contribution < 1.29 is 13.0 Å². The molecule has 0 amide bonds. The Morgan fingerprint density at radius 2 is 1.67 bits per heavy atom. The molecule has 0 aliphatic carbocycles. The first-order valence-corrected chi connectivity index (χ1v) is 4.87. The van der Waals surface area contributed by atoms with E-state index in [4.69, 9.17) is 4.55 Å². The maximum Gasteiger partial charge on any atom is 0.299 e. The van der Waals surface area contributed by atoms with Gasteiger partial charge in [-0.15, -0.1) is 0 Å². The molecule has 0 aliphatic rings. The zero-order chi connectivity index (χ0) is 9.83. The molecule has 0 aromatic heterocycles. The van der Waals surface area contributed by atoms with Crippen LogP contribution >= 0.6 is 0 Å². The summed E-state index contributed by atoms with van der Waals surface area (Å²) in [6.45, 7) is 0.0683. The molecule has 0 fully saturated rings. The Hall–Kier alpha value is -0.210. The quantitative estimate of drug-likeness (QED) is 0.307. The Labute approximate surface area is 72.5 Å². The summed E-state index contributed by atoms with van der Waals surface area (Å²) in [5.41, 5.74) is 0. The van der Waals surface area contributed by atoms with Gasteiger partial charge < -0.3 is 5.32 Å². The highest BCUT2D eigenvalue weighted by Gasteiger charge is 2.39. The Kier molecular flexibility index (Phi) is 4.08. The minimum absolute atomic E-state index is 0.0683. The first-order chi connectivity index (χ1) is 5.43. The fourth-order valence-electron chi connectivity index (χ4n) is 0.900. The van der Waals surface area contributed by atoms with Crippen molar-refractivity contribution in [3.63, 3.8) is 0 Å². The molecule has 0 saturated heterocycles. The smallest absolute Gasteiger partial charge is 0.299 e. The van der Waals surface area contributed by atoms with Gasteiger partial charge in [-0.2, -0.15) is 8.42 Å². The van der Waals surface area contributed by atoms with Gasteiger partial charge in [-0.25, -0.2) is 0 Å². The Morgan fingerprint density at radius 3 is 1.75 bits per heavy atom. The molecular formula is C5H15N3O3S. The summed E-state index contributed by atoms with van der Waals surface area (Å²) >= 11 is 0. The standard InChI is InChI=1S/C5H15N3O3S/c1-6-4-5(7-2,8-3)12(9,10)11/h6-8H,4H2,1-3H3,(H,9,10,11). The molecule has 0 unspecified atom stereocenters. The third-order valence-corrected chi connectivity index (χ3v) is 3.11. The van der Waals surface area contributed by atoms with Crippen LogP contribution in [0.5, 0.6) is 0 Å². The average Bonchev–Trinajstić information content (AvgIpc) is 1.98. The first kappa shape index (κ1) is 11.8. The molecular weight excluding hydrogens is 182 g/mol. The van der Waals surface area contributed by atoms with Gasteiger partial charge in [-0.1, -0.05) is 0 Å². The topological polar surface area (TPSA) is 90.5 Å². The molecule has 0 radical (unpaired) electrons. The second-order valence-corrected chi connectivity index (χ2v) is 3.98. The number of hydrogen-bond acceptors (Lipinski definition) is 5. The summed E-state index contributed by atoms with van der Waals surface area (Å²) in [7, 11) is 0.310. The lowest BCUT2D eigenvalue weighted by Crippen LogP contribution is -2.64. The van der Waals surface area contributed by atoms with Crippen molar-refractivity contribution in [1.82, 2.24) is 16.0 Å². The monoisotopic (exact) mass is 197 g/mol. The minimum Gasteiger partial charge on any atom is -0.316 e. The van der Waals surface area contributed by atoms with Crippen LogP contribution in [-0.4, -0.2) is 45.7 Å². The molecule has 12 heavy (non-hydrogen) atoms. The van der Waals surface area contributed by atoms with E-state index in [1.807, 2.05) is 0 Å². The first-order valence-electron chi connectivity index (χ1n) is 3.43. The number of rotatable bonds is 5. The molecule has 0 aromatic rings. The number of likely N-dealkylation sites (N-methyl/N-ethyl adjacent to an activating group) is 3. The van der Waals surface area contributed by atoms with Gasteiger partial charge in [-0.3, -0.25) is 15.2 Å². The lowest BCUT2D eigenvalue weighted by atomic mass is 10.5. The van der Waals surface area contributed by atoms with Crippen molar-refractivity contribution in [1.29, 1.82) is 0 Å².